The van der Waals surface area contributed by atoms with Crippen molar-refractivity contribution >= 4 is 46.0 Å². The highest BCUT2D eigenvalue weighted by Gasteiger charge is 2.35. The van der Waals surface area contributed by atoms with Crippen LogP contribution in [0.15, 0.2) is 30.3 Å². The van der Waals surface area contributed by atoms with Crippen molar-refractivity contribution < 1.29 is 18.0 Å². The Morgan fingerprint density at radius 2 is 1.79 bits per heavy atom. The van der Waals surface area contributed by atoms with Crippen LogP contribution < -0.4 is 5.32 Å². The van der Waals surface area contributed by atoms with Crippen LogP contribution in [0.2, 0.25) is 10.0 Å². The quantitative estimate of drug-likeness (QED) is 0.381. The van der Waals surface area contributed by atoms with Crippen LogP contribution in [0.3, 0.4) is 0 Å². The smallest absolute Gasteiger partial charge is 0.308 e. The van der Waals surface area contributed by atoms with Crippen LogP contribution in [0.5, 0.6) is 0 Å². The topological polar surface area (TPSA) is 77.6 Å². The Hall–Kier alpha value is -3.11. The zero-order chi connectivity index (χ0) is 24.8. The van der Waals surface area contributed by atoms with Gasteiger partial charge in [0.1, 0.15) is 6.54 Å². The summed E-state index contributed by atoms with van der Waals surface area (Å²) in [6.45, 7) is 4.78. The second-order valence-electron chi connectivity index (χ2n) is 7.86. The summed E-state index contributed by atoms with van der Waals surface area (Å²) < 4.78 is 43.4. The minimum Gasteiger partial charge on any atom is -0.308 e. The lowest BCUT2D eigenvalue weighted by Gasteiger charge is -2.10. The van der Waals surface area contributed by atoms with E-state index in [4.69, 9.17) is 23.2 Å². The van der Waals surface area contributed by atoms with Crippen LogP contribution >= 0.6 is 23.2 Å². The number of aromatic nitrogens is 5. The summed E-state index contributed by atoms with van der Waals surface area (Å²) in [6, 6.07) is 7.80. The van der Waals surface area contributed by atoms with Gasteiger partial charge in [0.05, 0.1) is 23.2 Å². The Morgan fingerprint density at radius 3 is 2.47 bits per heavy atom. The third-order valence-electron chi connectivity index (χ3n) is 5.19. The lowest BCUT2D eigenvalue weighted by molar-refractivity contribution is -0.136. The molecule has 0 radical (unpaired) electrons. The molecular formula is C22H19Cl2F3N6O. The zero-order valence-corrected chi connectivity index (χ0v) is 19.8. The summed E-state index contributed by atoms with van der Waals surface area (Å²) in [5.74, 6) is -0.212. The summed E-state index contributed by atoms with van der Waals surface area (Å²) >= 11 is 12.2. The van der Waals surface area contributed by atoms with E-state index in [1.165, 1.54) is 18.5 Å². The third kappa shape index (κ3) is 4.88. The van der Waals surface area contributed by atoms with Gasteiger partial charge in [-0.1, -0.05) is 29.3 Å². The first-order valence-electron chi connectivity index (χ1n) is 10.1. The molecule has 0 saturated carbocycles. The highest BCUT2D eigenvalue weighted by molar-refractivity contribution is 6.35. The number of carbonyl (C=O) groups excluding carboxylic acids is 1. The van der Waals surface area contributed by atoms with Crippen molar-refractivity contribution in [3.05, 3.63) is 68.6 Å². The van der Waals surface area contributed by atoms with Gasteiger partial charge in [0.25, 0.3) is 0 Å². The molecular weight excluding hydrogens is 492 g/mol. The number of fused-ring (bicyclic) bond motifs is 1. The van der Waals surface area contributed by atoms with Crippen molar-refractivity contribution in [2.75, 3.05) is 5.32 Å². The van der Waals surface area contributed by atoms with E-state index < -0.39 is 17.6 Å². The molecule has 3 heterocycles. The van der Waals surface area contributed by atoms with Crippen LogP contribution in [0.1, 0.15) is 28.2 Å². The summed E-state index contributed by atoms with van der Waals surface area (Å²) in [6.07, 6.45) is -4.57. The molecule has 4 aromatic rings. The fourth-order valence-corrected chi connectivity index (χ4v) is 4.14. The third-order valence-corrected chi connectivity index (χ3v) is 5.78. The second kappa shape index (κ2) is 8.92. The van der Waals surface area contributed by atoms with Crippen molar-refractivity contribution in [3.63, 3.8) is 0 Å². The Bertz CT molecular complexity index is 1410. The number of hydrogen-bond donors (Lipinski definition) is 1. The minimum absolute atomic E-state index is 0.000866. The van der Waals surface area contributed by atoms with Crippen LogP contribution in [-0.4, -0.2) is 30.5 Å². The van der Waals surface area contributed by atoms with Gasteiger partial charge < -0.3 is 5.32 Å². The summed E-state index contributed by atoms with van der Waals surface area (Å²) in [5.41, 5.74) is 1.07. The molecule has 0 fully saturated rings. The fourth-order valence-electron chi connectivity index (χ4n) is 3.67. The van der Waals surface area contributed by atoms with Gasteiger partial charge in [-0.3, -0.25) is 9.48 Å². The van der Waals surface area contributed by atoms with E-state index in [1.807, 2.05) is 6.92 Å². The highest BCUT2D eigenvalue weighted by atomic mass is 35.5. The summed E-state index contributed by atoms with van der Waals surface area (Å²) in [5, 5.41) is 12.1. The van der Waals surface area contributed by atoms with Crippen molar-refractivity contribution in [3.8, 4) is 0 Å². The molecule has 0 spiro atoms. The average Bonchev–Trinajstić information content (AvgIpc) is 3.21. The summed E-state index contributed by atoms with van der Waals surface area (Å²) in [7, 11) is 0. The molecule has 1 amide bonds. The Morgan fingerprint density at radius 1 is 1.06 bits per heavy atom. The second-order valence-corrected chi connectivity index (χ2v) is 8.71. The number of pyridine rings is 1. The van der Waals surface area contributed by atoms with Gasteiger partial charge >= 0.3 is 6.18 Å². The van der Waals surface area contributed by atoms with Crippen molar-refractivity contribution in [1.29, 1.82) is 0 Å². The largest absolute Gasteiger partial charge is 0.417 e. The van der Waals surface area contributed by atoms with Crippen molar-refractivity contribution in [2.45, 2.75) is 40.0 Å². The van der Waals surface area contributed by atoms with Gasteiger partial charge in [-0.25, -0.2) is 9.67 Å². The van der Waals surface area contributed by atoms with Gasteiger partial charge in [-0.05, 0) is 44.5 Å². The van der Waals surface area contributed by atoms with E-state index in [0.29, 0.717) is 22.4 Å². The number of nitrogens with zero attached hydrogens (tertiary/aromatic N) is 5. The lowest BCUT2D eigenvalue weighted by atomic mass is 10.1. The number of hydrogen-bond acceptors (Lipinski definition) is 4. The lowest BCUT2D eigenvalue weighted by Crippen LogP contribution is -2.20. The minimum atomic E-state index is -4.57. The number of halogens is 5. The number of carbonyl (C=O) groups is 1. The van der Waals surface area contributed by atoms with Crippen LogP contribution in [0, 0.1) is 20.8 Å². The van der Waals surface area contributed by atoms with E-state index in [9.17, 15) is 18.0 Å². The number of benzene rings is 1. The van der Waals surface area contributed by atoms with Gasteiger partial charge in [0.15, 0.2) is 11.5 Å². The number of anilines is 1. The number of alkyl halides is 3. The van der Waals surface area contributed by atoms with Crippen molar-refractivity contribution in [2.24, 2.45) is 0 Å². The predicted octanol–water partition coefficient (Wildman–Crippen LogP) is 5.57. The molecule has 0 saturated heterocycles. The van der Waals surface area contributed by atoms with E-state index in [0.717, 1.165) is 17.3 Å². The molecule has 7 nitrogen and oxygen atoms in total. The molecule has 34 heavy (non-hydrogen) atoms. The number of amides is 1. The van der Waals surface area contributed by atoms with Crippen LogP contribution in [0.4, 0.5) is 19.0 Å². The maximum atomic E-state index is 13.5. The molecule has 178 valence electrons. The molecule has 0 bridgehead atoms. The molecule has 0 aliphatic carbocycles. The molecule has 3 aromatic heterocycles. The molecule has 0 unspecified atom stereocenters. The molecule has 0 aliphatic heterocycles. The predicted molar refractivity (Wildman–Crippen MR) is 123 cm³/mol. The zero-order valence-electron chi connectivity index (χ0n) is 18.3. The molecule has 12 heteroatoms. The van der Waals surface area contributed by atoms with Crippen molar-refractivity contribution in [1.82, 2.24) is 24.5 Å². The van der Waals surface area contributed by atoms with E-state index in [2.05, 4.69) is 20.5 Å². The van der Waals surface area contributed by atoms with Gasteiger partial charge in [-0.2, -0.15) is 23.4 Å². The molecule has 4 rings (SSSR count). The number of aryl methyl sites for hydroxylation is 3. The van der Waals surface area contributed by atoms with E-state index in [-0.39, 0.29) is 29.0 Å². The molecule has 1 N–H and O–H groups in total. The molecule has 0 atom stereocenters. The monoisotopic (exact) mass is 510 g/mol. The Balaban J connectivity index is 1.55. The highest BCUT2D eigenvalue weighted by Crippen LogP contribution is 2.36. The fraction of sp³-hybridized carbons (Fsp3) is 0.273. The first-order valence-corrected chi connectivity index (χ1v) is 10.9. The average molecular weight is 511 g/mol. The van der Waals surface area contributed by atoms with Gasteiger partial charge in [-0.15, -0.1) is 0 Å². The maximum Gasteiger partial charge on any atom is 0.417 e. The van der Waals surface area contributed by atoms with Crippen LogP contribution in [-0.2, 0) is 24.1 Å². The number of nitrogens with one attached hydrogen (secondary N) is 1. The van der Waals surface area contributed by atoms with Gasteiger partial charge in [0, 0.05) is 27.5 Å². The van der Waals surface area contributed by atoms with Crippen LogP contribution in [0.25, 0.3) is 11.0 Å². The normalized spacial score (nSPS) is 11.9. The first kappa shape index (κ1) is 24.0. The Kier molecular flexibility index (Phi) is 6.30. The SMILES string of the molecule is Cc1cc(C(F)(F)F)c2c(C)nn(CC(=O)Nc3cc(C)n(Cc4ccc(Cl)cc4Cl)n3)c2n1. The molecule has 0 aliphatic rings. The standard InChI is InChI=1S/C22H19Cl2F3N6O/c1-11-6-16(22(25,26)27)20-13(3)30-33(21(20)28-11)10-19(34)29-18-7-12(2)32(31-18)9-14-4-5-15(23)8-17(14)24/h4-8H,9-10H2,1-3H3,(H,29,31,34). The van der Waals surface area contributed by atoms with E-state index in [1.54, 1.807) is 28.9 Å². The molecule has 1 aromatic carbocycles. The van der Waals surface area contributed by atoms with Gasteiger partial charge in [0.2, 0.25) is 5.91 Å². The number of rotatable bonds is 5. The maximum absolute atomic E-state index is 13.5. The summed E-state index contributed by atoms with van der Waals surface area (Å²) in [4.78, 5) is 16.9. The Labute approximate surface area is 202 Å². The first-order chi connectivity index (χ1) is 15.9. The van der Waals surface area contributed by atoms with E-state index >= 15 is 0 Å².